The van der Waals surface area contributed by atoms with Crippen molar-refractivity contribution >= 4 is 39.1 Å². The second-order valence-corrected chi connectivity index (χ2v) is 6.41. The molecule has 0 saturated carbocycles. The number of fused-ring (bicyclic) bond motifs is 1. The minimum atomic E-state index is -0.586. The molecule has 3 rings (SSSR count). The van der Waals surface area contributed by atoms with Gasteiger partial charge in [0.15, 0.2) is 0 Å². The van der Waals surface area contributed by atoms with Crippen molar-refractivity contribution < 1.29 is 9.84 Å². The second kappa shape index (κ2) is 5.57. The molecule has 1 aliphatic heterocycles. The molecule has 0 fully saturated rings. The molecule has 0 amide bonds. The van der Waals surface area contributed by atoms with Gasteiger partial charge in [0.25, 0.3) is 0 Å². The molecule has 0 spiro atoms. The van der Waals surface area contributed by atoms with Crippen LogP contribution >= 0.6 is 39.1 Å². The Morgan fingerprint density at radius 3 is 2.70 bits per heavy atom. The molecule has 1 unspecified atom stereocenters. The smallest absolute Gasteiger partial charge is 0.127 e. The lowest BCUT2D eigenvalue weighted by Crippen LogP contribution is -2.19. The Labute approximate surface area is 135 Å². The molecule has 5 heteroatoms. The lowest BCUT2D eigenvalue weighted by atomic mass is 9.95. The normalized spacial score (nSPS) is 21.2. The summed E-state index contributed by atoms with van der Waals surface area (Å²) in [7, 11) is 0. The maximum Gasteiger partial charge on any atom is 0.127 e. The Bertz CT molecular complexity index is 660. The largest absolute Gasteiger partial charge is 0.485 e. The first-order valence-corrected chi connectivity index (χ1v) is 7.68. The minimum absolute atomic E-state index is 0.202. The summed E-state index contributed by atoms with van der Waals surface area (Å²) >= 11 is 15.3. The molecule has 0 radical (unpaired) electrons. The van der Waals surface area contributed by atoms with Crippen molar-refractivity contribution in [3.8, 4) is 5.75 Å². The number of hydrogen-bond acceptors (Lipinski definition) is 2. The molecule has 2 aromatic carbocycles. The zero-order valence-electron chi connectivity index (χ0n) is 10.3. The highest BCUT2D eigenvalue weighted by Crippen LogP contribution is 2.42. The molecule has 0 aromatic heterocycles. The van der Waals surface area contributed by atoms with Crippen molar-refractivity contribution in [2.24, 2.45) is 0 Å². The Morgan fingerprint density at radius 2 is 1.95 bits per heavy atom. The molecule has 104 valence electrons. The van der Waals surface area contributed by atoms with Crippen molar-refractivity contribution in [2.45, 2.75) is 18.6 Å². The molecule has 1 N–H and O–H groups in total. The van der Waals surface area contributed by atoms with Crippen LogP contribution in [0.3, 0.4) is 0 Å². The fourth-order valence-corrected chi connectivity index (χ4v) is 3.03. The Hall–Kier alpha value is -0.740. The van der Waals surface area contributed by atoms with Gasteiger partial charge in [0, 0.05) is 21.5 Å². The molecule has 0 bridgehead atoms. The van der Waals surface area contributed by atoms with Gasteiger partial charge < -0.3 is 9.84 Å². The maximum atomic E-state index is 10.3. The van der Waals surface area contributed by atoms with Gasteiger partial charge in [-0.2, -0.15) is 0 Å². The molecule has 2 nitrogen and oxygen atoms in total. The standard InChI is InChI=1S/C15H11BrCl2O2/c16-11-5-8(1-3-12(11)18)15-7-13(19)10-6-9(17)2-4-14(10)20-15/h1-6,13,15,19H,7H2/t13-,15?/m1/s1. The molecule has 1 heterocycles. The van der Waals surface area contributed by atoms with E-state index in [0.29, 0.717) is 22.2 Å². The summed E-state index contributed by atoms with van der Waals surface area (Å²) in [4.78, 5) is 0. The molecule has 0 saturated heterocycles. The van der Waals surface area contributed by atoms with Gasteiger partial charge in [-0.3, -0.25) is 0 Å². The lowest BCUT2D eigenvalue weighted by molar-refractivity contribution is 0.0657. The zero-order valence-corrected chi connectivity index (χ0v) is 13.4. The highest BCUT2D eigenvalue weighted by molar-refractivity contribution is 9.10. The van der Waals surface area contributed by atoms with E-state index in [2.05, 4.69) is 15.9 Å². The van der Waals surface area contributed by atoms with Crippen molar-refractivity contribution in [2.75, 3.05) is 0 Å². The summed E-state index contributed by atoms with van der Waals surface area (Å²) in [5, 5.41) is 11.5. The van der Waals surface area contributed by atoms with Gasteiger partial charge in [0.2, 0.25) is 0 Å². The predicted molar refractivity (Wildman–Crippen MR) is 83.5 cm³/mol. The monoisotopic (exact) mass is 372 g/mol. The molecule has 2 aromatic rings. The van der Waals surface area contributed by atoms with Crippen LogP contribution in [0.2, 0.25) is 10.0 Å². The second-order valence-electron chi connectivity index (χ2n) is 4.71. The lowest BCUT2D eigenvalue weighted by Gasteiger charge is -2.30. The van der Waals surface area contributed by atoms with Gasteiger partial charge in [-0.1, -0.05) is 29.3 Å². The summed E-state index contributed by atoms with van der Waals surface area (Å²) in [6.07, 6.45) is -0.300. The van der Waals surface area contributed by atoms with Gasteiger partial charge in [-0.15, -0.1) is 0 Å². The van der Waals surface area contributed by atoms with Gasteiger partial charge in [0.1, 0.15) is 11.9 Å². The van der Waals surface area contributed by atoms with Crippen LogP contribution in [0.15, 0.2) is 40.9 Å². The van der Waals surface area contributed by atoms with Gasteiger partial charge in [-0.05, 0) is 51.8 Å². The van der Waals surface area contributed by atoms with Crippen LogP contribution < -0.4 is 4.74 Å². The number of ether oxygens (including phenoxy) is 1. The first kappa shape index (κ1) is 14.2. The highest BCUT2D eigenvalue weighted by Gasteiger charge is 2.28. The third kappa shape index (κ3) is 2.68. The Morgan fingerprint density at radius 1 is 1.15 bits per heavy atom. The van der Waals surface area contributed by atoms with Crippen LogP contribution in [0.4, 0.5) is 0 Å². The van der Waals surface area contributed by atoms with E-state index in [9.17, 15) is 5.11 Å². The topological polar surface area (TPSA) is 29.5 Å². The van der Waals surface area contributed by atoms with Crippen molar-refractivity contribution in [3.05, 3.63) is 62.0 Å². The van der Waals surface area contributed by atoms with Crippen LogP contribution in [0, 0.1) is 0 Å². The Kier molecular flexibility index (Phi) is 3.95. The third-order valence-electron chi connectivity index (χ3n) is 3.35. The summed E-state index contributed by atoms with van der Waals surface area (Å²) in [6.45, 7) is 0. The number of benzene rings is 2. The van der Waals surface area contributed by atoms with Crippen molar-refractivity contribution in [3.63, 3.8) is 0 Å². The van der Waals surface area contributed by atoms with Gasteiger partial charge >= 0.3 is 0 Å². The summed E-state index contributed by atoms with van der Waals surface area (Å²) in [6, 6.07) is 10.9. The average Bonchev–Trinajstić information content (AvgIpc) is 2.42. The zero-order chi connectivity index (χ0) is 14.3. The summed E-state index contributed by atoms with van der Waals surface area (Å²) in [5.74, 6) is 0.671. The third-order valence-corrected chi connectivity index (χ3v) is 4.80. The first-order chi connectivity index (χ1) is 9.54. The van der Waals surface area contributed by atoms with Crippen LogP contribution in [0.5, 0.6) is 5.75 Å². The molecular formula is C15H11BrCl2O2. The highest BCUT2D eigenvalue weighted by atomic mass is 79.9. The van der Waals surface area contributed by atoms with Crippen molar-refractivity contribution in [1.82, 2.24) is 0 Å². The number of aliphatic hydroxyl groups excluding tert-OH is 1. The summed E-state index contributed by atoms with van der Waals surface area (Å²) < 4.78 is 6.77. The van der Waals surface area contributed by atoms with E-state index in [1.165, 1.54) is 0 Å². The number of rotatable bonds is 1. The van der Waals surface area contributed by atoms with E-state index >= 15 is 0 Å². The fraction of sp³-hybridized carbons (Fsp3) is 0.200. The van der Waals surface area contributed by atoms with Crippen LogP contribution in [-0.4, -0.2) is 5.11 Å². The van der Waals surface area contributed by atoms with E-state index in [1.54, 1.807) is 18.2 Å². The van der Waals surface area contributed by atoms with Crippen LogP contribution in [-0.2, 0) is 0 Å². The van der Waals surface area contributed by atoms with Crippen molar-refractivity contribution in [1.29, 1.82) is 0 Å². The van der Waals surface area contributed by atoms with Crippen LogP contribution in [0.1, 0.15) is 29.8 Å². The minimum Gasteiger partial charge on any atom is -0.485 e. The van der Waals surface area contributed by atoms with E-state index in [0.717, 1.165) is 15.6 Å². The number of aliphatic hydroxyl groups is 1. The average molecular weight is 374 g/mol. The quantitative estimate of drug-likeness (QED) is 0.733. The van der Waals surface area contributed by atoms with E-state index in [-0.39, 0.29) is 6.10 Å². The molecular weight excluding hydrogens is 363 g/mol. The van der Waals surface area contributed by atoms with Crippen LogP contribution in [0.25, 0.3) is 0 Å². The number of hydrogen-bond donors (Lipinski definition) is 1. The van der Waals surface area contributed by atoms with E-state index in [4.69, 9.17) is 27.9 Å². The molecule has 1 aliphatic rings. The Balaban J connectivity index is 1.94. The molecule has 2 atom stereocenters. The van der Waals surface area contributed by atoms with Gasteiger partial charge in [0.05, 0.1) is 11.1 Å². The molecule has 0 aliphatic carbocycles. The van der Waals surface area contributed by atoms with Gasteiger partial charge in [-0.25, -0.2) is 0 Å². The van der Waals surface area contributed by atoms with E-state index < -0.39 is 6.10 Å². The number of halogens is 3. The predicted octanol–water partition coefficient (Wildman–Crippen LogP) is 5.31. The first-order valence-electron chi connectivity index (χ1n) is 6.13. The fourth-order valence-electron chi connectivity index (χ4n) is 2.33. The molecule has 20 heavy (non-hydrogen) atoms. The maximum absolute atomic E-state index is 10.3. The SMILES string of the molecule is O[C@@H]1CC(c2ccc(Cl)c(Br)c2)Oc2ccc(Cl)cc21. The summed E-state index contributed by atoms with van der Waals surface area (Å²) in [5.41, 5.74) is 1.71. The van der Waals surface area contributed by atoms with E-state index in [1.807, 2.05) is 18.2 Å².